The summed E-state index contributed by atoms with van der Waals surface area (Å²) in [6.45, 7) is 17.8. The van der Waals surface area contributed by atoms with E-state index < -0.39 is 0 Å². The molecule has 1 saturated heterocycles. The molecule has 0 amide bonds. The quantitative estimate of drug-likeness (QED) is 0.588. The minimum Gasteiger partial charge on any atom is -0.345 e. The predicted octanol–water partition coefficient (Wildman–Crippen LogP) is 6.46. The number of thioether (sulfide) groups is 1. The summed E-state index contributed by atoms with van der Waals surface area (Å²) in [5, 5.41) is 2.31. The van der Waals surface area contributed by atoms with Gasteiger partial charge in [0.25, 0.3) is 0 Å². The SMILES string of the molecule is CS/C=C(\C)C1N(c2c(C)cc(C)cc2C)CCN1c1c(C)cc(C)cc1C. The first-order valence-corrected chi connectivity index (χ1v) is 11.4. The highest BCUT2D eigenvalue weighted by atomic mass is 32.2. The third-order valence-electron chi connectivity index (χ3n) is 5.73. The van der Waals surface area contributed by atoms with Gasteiger partial charge >= 0.3 is 0 Å². The van der Waals surface area contributed by atoms with Gasteiger partial charge in [-0.2, -0.15) is 0 Å². The predicted molar refractivity (Wildman–Crippen MR) is 127 cm³/mol. The third kappa shape index (κ3) is 3.82. The van der Waals surface area contributed by atoms with Crippen molar-refractivity contribution in [1.82, 2.24) is 0 Å². The molecule has 0 N–H and O–H groups in total. The van der Waals surface area contributed by atoms with E-state index in [1.807, 2.05) is 0 Å². The van der Waals surface area contributed by atoms with Crippen molar-refractivity contribution < 1.29 is 0 Å². The number of aryl methyl sites for hydroxylation is 6. The molecule has 2 nitrogen and oxygen atoms in total. The van der Waals surface area contributed by atoms with Gasteiger partial charge in [-0.1, -0.05) is 35.4 Å². The van der Waals surface area contributed by atoms with Crippen molar-refractivity contribution in [3.8, 4) is 0 Å². The average molecular weight is 395 g/mol. The monoisotopic (exact) mass is 394 g/mol. The number of anilines is 2. The topological polar surface area (TPSA) is 6.48 Å². The van der Waals surface area contributed by atoms with Gasteiger partial charge in [-0.05, 0) is 88.0 Å². The summed E-state index contributed by atoms with van der Waals surface area (Å²) in [6, 6.07) is 9.27. The first-order chi connectivity index (χ1) is 13.2. The Balaban J connectivity index is 2.14. The van der Waals surface area contributed by atoms with Crippen LogP contribution in [-0.2, 0) is 0 Å². The summed E-state index contributed by atoms with van der Waals surface area (Å²) in [6.07, 6.45) is 2.41. The van der Waals surface area contributed by atoms with Crippen molar-refractivity contribution in [1.29, 1.82) is 0 Å². The molecular formula is C25H34N2S. The van der Waals surface area contributed by atoms with Crippen LogP contribution in [0.1, 0.15) is 40.3 Å². The average Bonchev–Trinajstić information content (AvgIpc) is 2.97. The van der Waals surface area contributed by atoms with Crippen LogP contribution in [0.25, 0.3) is 0 Å². The Kier molecular flexibility index (Phi) is 6.14. The summed E-state index contributed by atoms with van der Waals surface area (Å²) in [5.74, 6) is 0. The van der Waals surface area contributed by atoms with E-state index in [0.717, 1.165) is 13.1 Å². The van der Waals surface area contributed by atoms with Crippen LogP contribution >= 0.6 is 11.8 Å². The van der Waals surface area contributed by atoms with E-state index in [-0.39, 0.29) is 6.17 Å². The normalized spacial score (nSPS) is 15.6. The summed E-state index contributed by atoms with van der Waals surface area (Å²) in [7, 11) is 0. The molecule has 3 rings (SSSR count). The second kappa shape index (κ2) is 8.24. The van der Waals surface area contributed by atoms with Crippen molar-refractivity contribution in [2.24, 2.45) is 0 Å². The maximum absolute atomic E-state index is 2.62. The van der Waals surface area contributed by atoms with E-state index in [1.165, 1.54) is 50.3 Å². The Hall–Kier alpha value is -1.87. The Bertz CT molecular complexity index is 801. The van der Waals surface area contributed by atoms with Crippen LogP contribution in [0.4, 0.5) is 11.4 Å². The van der Waals surface area contributed by atoms with Crippen LogP contribution in [0.15, 0.2) is 35.2 Å². The molecule has 1 fully saturated rings. The summed E-state index contributed by atoms with van der Waals surface area (Å²) < 4.78 is 0. The summed E-state index contributed by atoms with van der Waals surface area (Å²) >= 11 is 1.80. The minimum atomic E-state index is 0.257. The molecule has 0 aromatic heterocycles. The van der Waals surface area contributed by atoms with E-state index in [4.69, 9.17) is 0 Å². The second-order valence-electron chi connectivity index (χ2n) is 8.35. The van der Waals surface area contributed by atoms with Gasteiger partial charge in [-0.15, -0.1) is 11.8 Å². The van der Waals surface area contributed by atoms with Gasteiger partial charge in [0.2, 0.25) is 0 Å². The first kappa shape index (κ1) is 20.9. The van der Waals surface area contributed by atoms with Crippen molar-refractivity contribution in [2.75, 3.05) is 29.1 Å². The zero-order valence-corrected chi connectivity index (χ0v) is 19.5. The maximum atomic E-state index is 2.62. The van der Waals surface area contributed by atoms with Crippen LogP contribution in [-0.4, -0.2) is 25.5 Å². The van der Waals surface area contributed by atoms with Crippen molar-refractivity contribution >= 4 is 23.1 Å². The first-order valence-electron chi connectivity index (χ1n) is 10.1. The van der Waals surface area contributed by atoms with Crippen LogP contribution in [0.5, 0.6) is 0 Å². The number of benzene rings is 2. The molecule has 0 spiro atoms. The highest BCUT2D eigenvalue weighted by Gasteiger charge is 2.36. The number of nitrogens with zero attached hydrogens (tertiary/aromatic N) is 2. The van der Waals surface area contributed by atoms with E-state index in [0.29, 0.717) is 0 Å². The molecule has 1 aliphatic heterocycles. The molecule has 3 heteroatoms. The molecule has 0 saturated carbocycles. The zero-order chi connectivity index (χ0) is 20.6. The van der Waals surface area contributed by atoms with Crippen molar-refractivity contribution in [2.45, 2.75) is 54.6 Å². The van der Waals surface area contributed by atoms with E-state index >= 15 is 0 Å². The van der Waals surface area contributed by atoms with Gasteiger partial charge in [0.15, 0.2) is 0 Å². The molecular weight excluding hydrogens is 360 g/mol. The molecule has 0 aliphatic carbocycles. The lowest BCUT2D eigenvalue weighted by molar-refractivity contribution is 0.751. The third-order valence-corrected chi connectivity index (χ3v) is 6.34. The van der Waals surface area contributed by atoms with Gasteiger partial charge in [0, 0.05) is 24.5 Å². The fourth-order valence-electron chi connectivity index (χ4n) is 5.09. The lowest BCUT2D eigenvalue weighted by Crippen LogP contribution is -2.41. The minimum absolute atomic E-state index is 0.257. The Labute approximate surface area is 175 Å². The standard InChI is InChI=1S/C25H34N2S/c1-16-11-18(3)23(19(4)12-16)26-9-10-27(25(26)22(7)15-28-8)24-20(5)13-17(2)14-21(24)6/h11-15,25H,9-10H2,1-8H3/b22-15+. The van der Waals surface area contributed by atoms with Gasteiger partial charge in [0.05, 0.1) is 0 Å². The van der Waals surface area contributed by atoms with Crippen molar-refractivity contribution in [3.05, 3.63) is 68.6 Å². The Morgan fingerprint density at radius 1 is 0.786 bits per heavy atom. The lowest BCUT2D eigenvalue weighted by atomic mass is 10.0. The highest BCUT2D eigenvalue weighted by Crippen LogP contribution is 2.38. The number of rotatable bonds is 4. The zero-order valence-electron chi connectivity index (χ0n) is 18.7. The fraction of sp³-hybridized carbons (Fsp3) is 0.440. The van der Waals surface area contributed by atoms with E-state index in [2.05, 4.69) is 94.2 Å². The number of hydrogen-bond acceptors (Lipinski definition) is 3. The molecule has 0 atom stereocenters. The van der Waals surface area contributed by atoms with Crippen molar-refractivity contribution in [3.63, 3.8) is 0 Å². The summed E-state index contributed by atoms with van der Waals surface area (Å²) in [4.78, 5) is 5.23. The molecule has 28 heavy (non-hydrogen) atoms. The Morgan fingerprint density at radius 3 is 1.46 bits per heavy atom. The van der Waals surface area contributed by atoms with Gasteiger partial charge in [-0.25, -0.2) is 0 Å². The second-order valence-corrected chi connectivity index (χ2v) is 9.06. The molecule has 0 bridgehead atoms. The van der Waals surface area contributed by atoms with Crippen LogP contribution in [0, 0.1) is 41.5 Å². The van der Waals surface area contributed by atoms with E-state index in [1.54, 1.807) is 11.8 Å². The van der Waals surface area contributed by atoms with Gasteiger partial charge < -0.3 is 9.80 Å². The molecule has 1 heterocycles. The van der Waals surface area contributed by atoms with Crippen LogP contribution in [0.2, 0.25) is 0 Å². The smallest absolute Gasteiger partial charge is 0.125 e. The molecule has 2 aromatic carbocycles. The lowest BCUT2D eigenvalue weighted by Gasteiger charge is -2.36. The number of hydrogen-bond donors (Lipinski definition) is 0. The Morgan fingerprint density at radius 2 is 1.14 bits per heavy atom. The molecule has 0 unspecified atom stereocenters. The van der Waals surface area contributed by atoms with Crippen LogP contribution < -0.4 is 9.80 Å². The van der Waals surface area contributed by atoms with Gasteiger partial charge in [0.1, 0.15) is 6.17 Å². The largest absolute Gasteiger partial charge is 0.345 e. The molecule has 1 aliphatic rings. The van der Waals surface area contributed by atoms with E-state index in [9.17, 15) is 0 Å². The van der Waals surface area contributed by atoms with Gasteiger partial charge in [-0.3, -0.25) is 0 Å². The summed E-state index contributed by atoms with van der Waals surface area (Å²) in [5.41, 5.74) is 12.4. The molecule has 2 aromatic rings. The van der Waals surface area contributed by atoms with Crippen LogP contribution in [0.3, 0.4) is 0 Å². The fourth-order valence-corrected chi connectivity index (χ4v) is 5.58. The molecule has 0 radical (unpaired) electrons. The highest BCUT2D eigenvalue weighted by molar-refractivity contribution is 8.01. The molecule has 150 valence electrons. The maximum Gasteiger partial charge on any atom is 0.125 e.